The fourth-order valence-electron chi connectivity index (χ4n) is 1.90. The first-order valence-electron chi connectivity index (χ1n) is 5.63. The molecule has 0 radical (unpaired) electrons. The molecule has 0 amide bonds. The Kier molecular flexibility index (Phi) is 3.63. The molecule has 0 saturated carbocycles. The molecule has 0 aliphatic carbocycles. The Hall–Kier alpha value is -2.29. The van der Waals surface area contributed by atoms with E-state index in [2.05, 4.69) is 13.2 Å². The highest BCUT2D eigenvalue weighted by Gasteiger charge is 2.39. The lowest BCUT2D eigenvalue weighted by Crippen LogP contribution is -2.17. The van der Waals surface area contributed by atoms with E-state index in [1.165, 1.54) is 0 Å². The van der Waals surface area contributed by atoms with Crippen LogP contribution in [0.25, 0.3) is 0 Å². The Morgan fingerprint density at radius 3 is 2.50 bits per heavy atom. The van der Waals surface area contributed by atoms with E-state index in [4.69, 9.17) is 9.47 Å². The zero-order valence-electron chi connectivity index (χ0n) is 9.91. The van der Waals surface area contributed by atoms with Crippen LogP contribution in [0.2, 0.25) is 0 Å². The van der Waals surface area contributed by atoms with Gasteiger partial charge in [0.2, 0.25) is 0 Å². The minimum Gasteiger partial charge on any atom is -0.422 e. The van der Waals surface area contributed by atoms with Crippen molar-refractivity contribution < 1.29 is 14.3 Å². The van der Waals surface area contributed by atoms with E-state index in [0.717, 1.165) is 11.1 Å². The highest BCUT2D eigenvalue weighted by Crippen LogP contribution is 2.34. The largest absolute Gasteiger partial charge is 0.509 e. The van der Waals surface area contributed by atoms with E-state index < -0.39 is 18.4 Å². The van der Waals surface area contributed by atoms with Gasteiger partial charge in [-0.05, 0) is 11.1 Å². The second-order valence-electron chi connectivity index (χ2n) is 3.84. The van der Waals surface area contributed by atoms with Crippen LogP contribution >= 0.6 is 0 Å². The fraction of sp³-hybridized carbons (Fsp3) is 0.133. The fourth-order valence-corrected chi connectivity index (χ4v) is 1.90. The molecule has 0 N–H and O–H groups in total. The van der Waals surface area contributed by atoms with E-state index in [1.807, 2.05) is 30.3 Å². The van der Waals surface area contributed by atoms with E-state index in [-0.39, 0.29) is 0 Å². The van der Waals surface area contributed by atoms with Crippen molar-refractivity contribution in [2.45, 2.75) is 12.2 Å². The highest BCUT2D eigenvalue weighted by molar-refractivity contribution is 5.64. The molecule has 1 aliphatic rings. The molecule has 18 heavy (non-hydrogen) atoms. The molecule has 0 spiro atoms. The van der Waals surface area contributed by atoms with Crippen LogP contribution in [0.15, 0.2) is 67.3 Å². The zero-order chi connectivity index (χ0) is 13.0. The summed E-state index contributed by atoms with van der Waals surface area (Å²) in [7, 11) is 0. The van der Waals surface area contributed by atoms with E-state index >= 15 is 0 Å². The van der Waals surface area contributed by atoms with Crippen molar-refractivity contribution in [1.82, 2.24) is 0 Å². The van der Waals surface area contributed by atoms with Gasteiger partial charge in [-0.15, -0.1) is 0 Å². The van der Waals surface area contributed by atoms with Crippen LogP contribution in [0.1, 0.15) is 11.7 Å². The summed E-state index contributed by atoms with van der Waals surface area (Å²) < 4.78 is 10.4. The Labute approximate surface area is 106 Å². The van der Waals surface area contributed by atoms with Gasteiger partial charge in [-0.2, -0.15) is 0 Å². The van der Waals surface area contributed by atoms with Crippen molar-refractivity contribution >= 4 is 6.16 Å². The summed E-state index contributed by atoms with van der Waals surface area (Å²) in [5.41, 5.74) is 1.66. The Balaban J connectivity index is 2.34. The monoisotopic (exact) mass is 242 g/mol. The smallest absolute Gasteiger partial charge is 0.422 e. The van der Waals surface area contributed by atoms with Gasteiger partial charge in [0.25, 0.3) is 0 Å². The van der Waals surface area contributed by atoms with Gasteiger partial charge in [0.15, 0.2) is 12.2 Å². The van der Waals surface area contributed by atoms with Gasteiger partial charge in [0.1, 0.15) is 0 Å². The standard InChI is InChI=1S/C15H14O3/c1-3-8-11(4-2)13-14(18-15(16)17-13)12-9-6-5-7-10-12/h3-10,13-14H,1-2H2/b11-8+. The first kappa shape index (κ1) is 12.2. The van der Waals surface area contributed by atoms with Crippen LogP contribution in [0, 0.1) is 0 Å². The number of ether oxygens (including phenoxy) is 2. The average Bonchev–Trinajstić information content (AvgIpc) is 2.79. The number of hydrogen-bond donors (Lipinski definition) is 0. The minimum absolute atomic E-state index is 0.442. The molecule has 1 aromatic rings. The normalized spacial score (nSPS) is 23.1. The van der Waals surface area contributed by atoms with Crippen molar-refractivity contribution in [2.75, 3.05) is 0 Å². The first-order valence-corrected chi connectivity index (χ1v) is 5.63. The van der Waals surface area contributed by atoms with Gasteiger partial charge in [-0.1, -0.05) is 61.7 Å². The van der Waals surface area contributed by atoms with Crippen LogP contribution in [-0.2, 0) is 9.47 Å². The summed E-state index contributed by atoms with van der Waals surface area (Å²) in [5, 5.41) is 0. The summed E-state index contributed by atoms with van der Waals surface area (Å²) in [6, 6.07) is 9.49. The first-order chi connectivity index (χ1) is 8.76. The molecular weight excluding hydrogens is 228 g/mol. The third-order valence-electron chi connectivity index (χ3n) is 2.72. The van der Waals surface area contributed by atoms with Gasteiger partial charge in [0.05, 0.1) is 0 Å². The van der Waals surface area contributed by atoms with Gasteiger partial charge in [-0.3, -0.25) is 0 Å². The highest BCUT2D eigenvalue weighted by atomic mass is 16.8. The number of benzene rings is 1. The van der Waals surface area contributed by atoms with Crippen LogP contribution in [-0.4, -0.2) is 12.3 Å². The molecule has 1 aromatic carbocycles. The Bertz CT molecular complexity index is 488. The van der Waals surface area contributed by atoms with Crippen LogP contribution < -0.4 is 0 Å². The summed E-state index contributed by atoms with van der Waals surface area (Å²) in [5.74, 6) is 0. The van der Waals surface area contributed by atoms with Crippen molar-refractivity contribution in [3.63, 3.8) is 0 Å². The molecular formula is C15H14O3. The quantitative estimate of drug-likeness (QED) is 0.598. The van der Waals surface area contributed by atoms with Crippen molar-refractivity contribution in [1.29, 1.82) is 0 Å². The third kappa shape index (κ3) is 2.35. The maximum Gasteiger partial charge on any atom is 0.509 e. The van der Waals surface area contributed by atoms with Gasteiger partial charge in [-0.25, -0.2) is 4.79 Å². The molecule has 3 nitrogen and oxygen atoms in total. The lowest BCUT2D eigenvalue weighted by molar-refractivity contribution is 0.117. The molecule has 2 unspecified atom stereocenters. The summed E-state index contributed by atoms with van der Waals surface area (Å²) >= 11 is 0. The molecule has 0 bridgehead atoms. The third-order valence-corrected chi connectivity index (χ3v) is 2.72. The van der Waals surface area contributed by atoms with Crippen LogP contribution in [0.4, 0.5) is 4.79 Å². The van der Waals surface area contributed by atoms with Crippen molar-refractivity contribution in [3.05, 3.63) is 72.9 Å². The average molecular weight is 242 g/mol. The van der Waals surface area contributed by atoms with Gasteiger partial charge < -0.3 is 9.47 Å². The van der Waals surface area contributed by atoms with Gasteiger partial charge >= 0.3 is 6.16 Å². The van der Waals surface area contributed by atoms with Crippen LogP contribution in [0.3, 0.4) is 0 Å². The predicted molar refractivity (Wildman–Crippen MR) is 69.0 cm³/mol. The lowest BCUT2D eigenvalue weighted by atomic mass is 9.98. The minimum atomic E-state index is -0.661. The molecule has 92 valence electrons. The number of rotatable bonds is 4. The Morgan fingerprint density at radius 1 is 1.17 bits per heavy atom. The van der Waals surface area contributed by atoms with E-state index in [0.29, 0.717) is 0 Å². The number of hydrogen-bond acceptors (Lipinski definition) is 3. The maximum absolute atomic E-state index is 11.3. The van der Waals surface area contributed by atoms with E-state index in [1.54, 1.807) is 18.2 Å². The number of carbonyl (C=O) groups is 1. The van der Waals surface area contributed by atoms with E-state index in [9.17, 15) is 4.79 Å². The molecule has 1 heterocycles. The lowest BCUT2D eigenvalue weighted by Gasteiger charge is -2.16. The van der Waals surface area contributed by atoms with Crippen molar-refractivity contribution in [3.8, 4) is 0 Å². The molecule has 1 aliphatic heterocycles. The number of allylic oxidation sites excluding steroid dienone is 2. The molecule has 2 rings (SSSR count). The molecule has 1 fully saturated rings. The second-order valence-corrected chi connectivity index (χ2v) is 3.84. The summed E-state index contributed by atoms with van der Waals surface area (Å²) in [6.45, 7) is 7.35. The van der Waals surface area contributed by atoms with Crippen molar-refractivity contribution in [2.24, 2.45) is 0 Å². The maximum atomic E-state index is 11.3. The topological polar surface area (TPSA) is 35.5 Å². The summed E-state index contributed by atoms with van der Waals surface area (Å²) in [4.78, 5) is 11.3. The Morgan fingerprint density at radius 2 is 1.89 bits per heavy atom. The number of carbonyl (C=O) groups excluding carboxylic acids is 1. The number of cyclic esters (lactones) is 2. The summed E-state index contributed by atoms with van der Waals surface area (Å²) in [6.07, 6.45) is 3.45. The second kappa shape index (κ2) is 5.36. The zero-order valence-corrected chi connectivity index (χ0v) is 9.91. The van der Waals surface area contributed by atoms with Gasteiger partial charge in [0, 0.05) is 0 Å². The van der Waals surface area contributed by atoms with Crippen LogP contribution in [0.5, 0.6) is 0 Å². The predicted octanol–water partition coefficient (Wildman–Crippen LogP) is 3.56. The molecule has 2 atom stereocenters. The molecule has 1 saturated heterocycles. The molecule has 3 heteroatoms. The SMILES string of the molecule is C=C/C=C(\C=C)C1OC(=O)OC1c1ccccc1. The molecule has 0 aromatic heterocycles.